The summed E-state index contributed by atoms with van der Waals surface area (Å²) in [6.07, 6.45) is 5.31. The molecule has 28 heavy (non-hydrogen) atoms. The first-order chi connectivity index (χ1) is 13.6. The smallest absolute Gasteiger partial charge is 0.253 e. The number of carbonyl (C=O) groups excluding carboxylic acids is 2. The Morgan fingerprint density at radius 1 is 1.00 bits per heavy atom. The minimum atomic E-state index is -0.111. The summed E-state index contributed by atoms with van der Waals surface area (Å²) in [5, 5.41) is 2.95. The van der Waals surface area contributed by atoms with Crippen LogP contribution in [0.15, 0.2) is 55.0 Å². The van der Waals surface area contributed by atoms with Crippen molar-refractivity contribution in [1.29, 1.82) is 0 Å². The molecule has 1 aliphatic heterocycles. The van der Waals surface area contributed by atoms with Gasteiger partial charge in [0.1, 0.15) is 5.82 Å². The van der Waals surface area contributed by atoms with Crippen molar-refractivity contribution in [3.05, 3.63) is 66.1 Å². The SMILES string of the molecule is CC(=O)N1CCN(c2ccc3ccc(C(=O)NCc4ccncc4)cn23)CC1. The molecule has 4 heterocycles. The van der Waals surface area contributed by atoms with Gasteiger partial charge in [0.05, 0.1) is 5.56 Å². The van der Waals surface area contributed by atoms with Crippen LogP contribution in [0, 0.1) is 0 Å². The predicted molar refractivity (Wildman–Crippen MR) is 107 cm³/mol. The quantitative estimate of drug-likeness (QED) is 0.754. The molecule has 0 radical (unpaired) electrons. The van der Waals surface area contributed by atoms with Crippen LogP contribution in [0.3, 0.4) is 0 Å². The summed E-state index contributed by atoms with van der Waals surface area (Å²) in [6.45, 7) is 5.07. The van der Waals surface area contributed by atoms with Crippen molar-refractivity contribution in [3.63, 3.8) is 0 Å². The van der Waals surface area contributed by atoms with E-state index in [1.54, 1.807) is 19.3 Å². The van der Waals surface area contributed by atoms with Crippen LogP contribution in [0.4, 0.5) is 5.82 Å². The number of anilines is 1. The molecule has 1 N–H and O–H groups in total. The first-order valence-corrected chi connectivity index (χ1v) is 9.40. The van der Waals surface area contributed by atoms with E-state index in [-0.39, 0.29) is 11.8 Å². The van der Waals surface area contributed by atoms with Crippen molar-refractivity contribution in [2.24, 2.45) is 0 Å². The van der Waals surface area contributed by atoms with E-state index < -0.39 is 0 Å². The molecule has 1 fully saturated rings. The molecule has 7 heteroatoms. The van der Waals surface area contributed by atoms with Crippen molar-refractivity contribution in [2.45, 2.75) is 13.5 Å². The largest absolute Gasteiger partial charge is 0.354 e. The highest BCUT2D eigenvalue weighted by Crippen LogP contribution is 2.22. The fourth-order valence-electron chi connectivity index (χ4n) is 3.51. The Bertz CT molecular complexity index is 990. The van der Waals surface area contributed by atoms with Gasteiger partial charge in [-0.1, -0.05) is 0 Å². The Morgan fingerprint density at radius 3 is 2.43 bits per heavy atom. The number of amides is 2. The number of nitrogens with zero attached hydrogens (tertiary/aromatic N) is 4. The molecule has 0 aliphatic carbocycles. The molecular weight excluding hydrogens is 354 g/mol. The van der Waals surface area contributed by atoms with Gasteiger partial charge in [-0.15, -0.1) is 0 Å². The first-order valence-electron chi connectivity index (χ1n) is 9.40. The number of nitrogens with one attached hydrogen (secondary N) is 1. The van der Waals surface area contributed by atoms with Crippen molar-refractivity contribution >= 4 is 23.1 Å². The molecule has 4 rings (SSSR count). The third kappa shape index (κ3) is 3.69. The Labute approximate surface area is 163 Å². The van der Waals surface area contributed by atoms with Crippen LogP contribution in [-0.2, 0) is 11.3 Å². The minimum absolute atomic E-state index is 0.111. The summed E-state index contributed by atoms with van der Waals surface area (Å²) < 4.78 is 2.05. The predicted octanol–water partition coefficient (Wildman–Crippen LogP) is 1.93. The molecule has 3 aromatic heterocycles. The van der Waals surface area contributed by atoms with Gasteiger partial charge in [-0.2, -0.15) is 0 Å². The van der Waals surface area contributed by atoms with Gasteiger partial charge in [0.15, 0.2) is 0 Å². The second-order valence-corrected chi connectivity index (χ2v) is 6.94. The van der Waals surface area contributed by atoms with Crippen LogP contribution < -0.4 is 10.2 Å². The Balaban J connectivity index is 1.50. The third-order valence-corrected chi connectivity index (χ3v) is 5.14. The molecular formula is C21H23N5O2. The van der Waals surface area contributed by atoms with Gasteiger partial charge in [-0.05, 0) is 42.0 Å². The topological polar surface area (TPSA) is 70.0 Å². The van der Waals surface area contributed by atoms with Crippen LogP contribution in [-0.4, -0.2) is 52.3 Å². The van der Waals surface area contributed by atoms with Gasteiger partial charge < -0.3 is 19.5 Å². The number of fused-ring (bicyclic) bond motifs is 1. The summed E-state index contributed by atoms with van der Waals surface area (Å²) in [7, 11) is 0. The molecule has 7 nitrogen and oxygen atoms in total. The molecule has 1 saturated heterocycles. The number of piperazine rings is 1. The van der Waals surface area contributed by atoms with Gasteiger partial charge >= 0.3 is 0 Å². The fourth-order valence-corrected chi connectivity index (χ4v) is 3.51. The standard InChI is InChI=1S/C21H23N5O2/c1-16(27)24-10-12-25(13-11-24)20-5-4-19-3-2-18(15-26(19)20)21(28)23-14-17-6-8-22-9-7-17/h2-9,15H,10-14H2,1H3,(H,23,28). The van der Waals surface area contributed by atoms with E-state index >= 15 is 0 Å². The normalized spacial score (nSPS) is 14.3. The van der Waals surface area contributed by atoms with Crippen LogP contribution in [0.5, 0.6) is 0 Å². The number of aromatic nitrogens is 2. The number of carbonyl (C=O) groups is 2. The van der Waals surface area contributed by atoms with Crippen LogP contribution in [0.1, 0.15) is 22.8 Å². The van der Waals surface area contributed by atoms with E-state index in [1.807, 2.05) is 45.8 Å². The fraction of sp³-hybridized carbons (Fsp3) is 0.286. The molecule has 0 spiro atoms. The Morgan fingerprint density at radius 2 is 1.71 bits per heavy atom. The third-order valence-electron chi connectivity index (χ3n) is 5.14. The highest BCUT2D eigenvalue weighted by Gasteiger charge is 2.20. The summed E-state index contributed by atoms with van der Waals surface area (Å²) in [6, 6.07) is 11.7. The van der Waals surface area contributed by atoms with E-state index in [4.69, 9.17) is 0 Å². The van der Waals surface area contributed by atoms with Crippen LogP contribution in [0.25, 0.3) is 5.52 Å². The second-order valence-electron chi connectivity index (χ2n) is 6.94. The maximum absolute atomic E-state index is 12.6. The monoisotopic (exact) mass is 377 g/mol. The Kier molecular flexibility index (Phi) is 4.97. The van der Waals surface area contributed by atoms with Gasteiger partial charge in [-0.3, -0.25) is 14.6 Å². The maximum Gasteiger partial charge on any atom is 0.253 e. The molecule has 3 aromatic rings. The lowest BCUT2D eigenvalue weighted by Crippen LogP contribution is -2.48. The molecule has 1 aliphatic rings. The molecule has 0 atom stereocenters. The van der Waals surface area contributed by atoms with E-state index in [0.717, 1.165) is 30.0 Å². The van der Waals surface area contributed by atoms with Gasteiger partial charge in [0, 0.05) is 63.8 Å². The van der Waals surface area contributed by atoms with Crippen molar-refractivity contribution < 1.29 is 9.59 Å². The average Bonchev–Trinajstić information content (AvgIpc) is 3.16. The zero-order chi connectivity index (χ0) is 19.5. The van der Waals surface area contributed by atoms with E-state index in [1.165, 1.54) is 0 Å². The van der Waals surface area contributed by atoms with Crippen molar-refractivity contribution in [3.8, 4) is 0 Å². The molecule has 0 bridgehead atoms. The number of rotatable bonds is 4. The molecule has 2 amide bonds. The first kappa shape index (κ1) is 18.0. The van der Waals surface area contributed by atoms with E-state index in [2.05, 4.69) is 21.3 Å². The molecule has 0 aromatic carbocycles. The van der Waals surface area contributed by atoms with Gasteiger partial charge in [-0.25, -0.2) is 0 Å². The number of hydrogen-bond donors (Lipinski definition) is 1. The highest BCUT2D eigenvalue weighted by atomic mass is 16.2. The van der Waals surface area contributed by atoms with E-state index in [0.29, 0.717) is 25.2 Å². The zero-order valence-corrected chi connectivity index (χ0v) is 15.8. The summed E-state index contributed by atoms with van der Waals surface area (Å²) >= 11 is 0. The molecule has 0 saturated carbocycles. The lowest BCUT2D eigenvalue weighted by Gasteiger charge is -2.35. The van der Waals surface area contributed by atoms with Crippen LogP contribution in [0.2, 0.25) is 0 Å². The number of hydrogen-bond acceptors (Lipinski definition) is 4. The maximum atomic E-state index is 12.6. The highest BCUT2D eigenvalue weighted by molar-refractivity contribution is 5.94. The van der Waals surface area contributed by atoms with Crippen LogP contribution >= 0.6 is 0 Å². The Hall–Kier alpha value is -3.35. The lowest BCUT2D eigenvalue weighted by molar-refractivity contribution is -0.129. The lowest BCUT2D eigenvalue weighted by atomic mass is 10.2. The summed E-state index contributed by atoms with van der Waals surface area (Å²) in [5.41, 5.74) is 2.66. The van der Waals surface area contributed by atoms with Crippen molar-refractivity contribution in [1.82, 2.24) is 19.6 Å². The number of pyridine rings is 2. The van der Waals surface area contributed by atoms with Gasteiger partial charge in [0.2, 0.25) is 5.91 Å². The summed E-state index contributed by atoms with van der Waals surface area (Å²) in [4.78, 5) is 32.2. The van der Waals surface area contributed by atoms with Crippen molar-refractivity contribution in [2.75, 3.05) is 31.1 Å². The average molecular weight is 377 g/mol. The zero-order valence-electron chi connectivity index (χ0n) is 15.8. The summed E-state index contributed by atoms with van der Waals surface area (Å²) in [5.74, 6) is 1.05. The van der Waals surface area contributed by atoms with Gasteiger partial charge in [0.25, 0.3) is 5.91 Å². The minimum Gasteiger partial charge on any atom is -0.354 e. The molecule has 144 valence electrons. The van der Waals surface area contributed by atoms with E-state index in [9.17, 15) is 9.59 Å². The molecule has 0 unspecified atom stereocenters. The second kappa shape index (κ2) is 7.72.